The maximum Gasteiger partial charge on any atom is 0.408 e. The lowest BCUT2D eigenvalue weighted by Gasteiger charge is -2.24. The minimum atomic E-state index is -1.16. The number of amides is 1. The summed E-state index contributed by atoms with van der Waals surface area (Å²) in [6.45, 7) is 9.26. The minimum Gasteiger partial charge on any atom is -0.480 e. The summed E-state index contributed by atoms with van der Waals surface area (Å²) in [5, 5.41) is 15.3. The zero-order valence-corrected chi connectivity index (χ0v) is 15.6. The van der Waals surface area contributed by atoms with Crippen LogP contribution < -0.4 is 5.32 Å². The average molecular weight is 364 g/mol. The van der Waals surface area contributed by atoms with Gasteiger partial charge in [-0.3, -0.25) is 0 Å². The highest BCUT2D eigenvalue weighted by Crippen LogP contribution is 2.33. The van der Waals surface area contributed by atoms with Crippen molar-refractivity contribution in [2.45, 2.75) is 63.2 Å². The molecule has 1 amide bonds. The molecular weight excluding hydrogens is 340 g/mol. The second-order valence-corrected chi connectivity index (χ2v) is 9.20. The Labute approximate surface area is 144 Å². The Hall–Kier alpha value is -1.25. The molecule has 0 fully saturated rings. The first-order valence-electron chi connectivity index (χ1n) is 7.10. The Morgan fingerprint density at radius 1 is 1.35 bits per heavy atom. The van der Waals surface area contributed by atoms with Crippen LogP contribution in [0, 0.1) is 0 Å². The number of carboxylic acid groups (broad SMARTS) is 1. The molecule has 10 heteroatoms. The molecule has 0 aliphatic heterocycles. The third-order valence-corrected chi connectivity index (χ3v) is 5.63. The molecule has 0 radical (unpaired) electrons. The van der Waals surface area contributed by atoms with Crippen LogP contribution in [0.1, 0.15) is 41.0 Å². The van der Waals surface area contributed by atoms with Crippen molar-refractivity contribution in [3.8, 4) is 0 Å². The second kappa shape index (κ2) is 10.5. The van der Waals surface area contributed by atoms with Gasteiger partial charge in [0.15, 0.2) is 0 Å². The first kappa shape index (κ1) is 21.8. The van der Waals surface area contributed by atoms with Gasteiger partial charge in [0, 0.05) is 22.0 Å². The van der Waals surface area contributed by atoms with Crippen molar-refractivity contribution in [3.05, 3.63) is 10.4 Å². The zero-order valence-electron chi connectivity index (χ0n) is 14.0. The van der Waals surface area contributed by atoms with Crippen LogP contribution in [0.3, 0.4) is 0 Å². The zero-order chi connectivity index (χ0) is 18.0. The van der Waals surface area contributed by atoms with Gasteiger partial charge in [0.25, 0.3) is 0 Å². The minimum absolute atomic E-state index is 0.137. The van der Waals surface area contributed by atoms with E-state index in [0.29, 0.717) is 5.25 Å². The van der Waals surface area contributed by atoms with Crippen LogP contribution in [0.4, 0.5) is 4.79 Å². The van der Waals surface area contributed by atoms with Crippen LogP contribution in [0.2, 0.25) is 0 Å². The number of hydrogen-bond donors (Lipinski definition) is 2. The van der Waals surface area contributed by atoms with E-state index < -0.39 is 23.7 Å². The number of azide groups is 1. The summed E-state index contributed by atoms with van der Waals surface area (Å²) in [4.78, 5) is 25.8. The van der Waals surface area contributed by atoms with E-state index in [0.717, 1.165) is 0 Å². The van der Waals surface area contributed by atoms with Gasteiger partial charge in [0.1, 0.15) is 11.6 Å². The number of hydrogen-bond acceptors (Lipinski definition) is 6. The van der Waals surface area contributed by atoms with E-state index in [1.807, 2.05) is 13.8 Å². The summed E-state index contributed by atoms with van der Waals surface area (Å²) in [5.41, 5.74) is 7.74. The Morgan fingerprint density at radius 3 is 2.39 bits per heavy atom. The van der Waals surface area contributed by atoms with E-state index in [1.165, 1.54) is 10.8 Å². The number of rotatable bonds is 9. The third-order valence-electron chi connectivity index (χ3n) is 2.22. The Morgan fingerprint density at radius 2 is 1.96 bits per heavy atom. The molecule has 132 valence electrons. The number of alkyl carbamates (subject to hydrolysis) is 1. The van der Waals surface area contributed by atoms with Crippen molar-refractivity contribution in [2.75, 3.05) is 6.54 Å². The maximum atomic E-state index is 11.7. The van der Waals surface area contributed by atoms with Crippen LogP contribution in [-0.4, -0.2) is 45.9 Å². The largest absolute Gasteiger partial charge is 0.480 e. The quantitative estimate of drug-likeness (QED) is 0.277. The Kier molecular flexibility index (Phi) is 9.94. The summed E-state index contributed by atoms with van der Waals surface area (Å²) >= 11 is 0. The van der Waals surface area contributed by atoms with Crippen LogP contribution >= 0.6 is 21.6 Å². The van der Waals surface area contributed by atoms with Gasteiger partial charge in [0.2, 0.25) is 0 Å². The maximum absolute atomic E-state index is 11.7. The second-order valence-electron chi connectivity index (χ2n) is 6.05. The summed E-state index contributed by atoms with van der Waals surface area (Å²) < 4.78 is 5.07. The molecule has 0 aromatic carbocycles. The van der Waals surface area contributed by atoms with Gasteiger partial charge < -0.3 is 15.2 Å². The van der Waals surface area contributed by atoms with Crippen molar-refractivity contribution >= 4 is 33.7 Å². The molecule has 2 atom stereocenters. The molecule has 0 aromatic heterocycles. The normalized spacial score (nSPS) is 13.8. The van der Waals surface area contributed by atoms with Crippen LogP contribution in [0.5, 0.6) is 0 Å². The van der Waals surface area contributed by atoms with Crippen molar-refractivity contribution in [3.63, 3.8) is 0 Å². The number of nitrogens with zero attached hydrogens (tertiary/aromatic N) is 3. The molecule has 2 N–H and O–H groups in total. The first-order valence-corrected chi connectivity index (χ1v) is 9.38. The molecule has 0 bridgehead atoms. The highest BCUT2D eigenvalue weighted by molar-refractivity contribution is 8.77. The van der Waals surface area contributed by atoms with Crippen LogP contribution in [0.25, 0.3) is 10.4 Å². The van der Waals surface area contributed by atoms with Crippen LogP contribution in [0.15, 0.2) is 5.11 Å². The van der Waals surface area contributed by atoms with E-state index in [4.69, 9.17) is 10.3 Å². The number of ether oxygens (including phenoxy) is 1. The highest BCUT2D eigenvalue weighted by atomic mass is 33.1. The van der Waals surface area contributed by atoms with E-state index in [-0.39, 0.29) is 18.2 Å². The van der Waals surface area contributed by atoms with E-state index in [9.17, 15) is 14.7 Å². The number of nitrogens with one attached hydrogen (secondary N) is 1. The third kappa shape index (κ3) is 11.9. The number of aliphatic carboxylic acids is 1. The molecule has 0 aromatic rings. The number of carboxylic acids is 1. The van der Waals surface area contributed by atoms with Gasteiger partial charge in [-0.05, 0) is 32.7 Å². The molecular formula is C13H24N4O4S2. The summed E-state index contributed by atoms with van der Waals surface area (Å²) in [5.74, 6) is -1.16. The molecule has 0 rings (SSSR count). The van der Waals surface area contributed by atoms with E-state index in [2.05, 4.69) is 15.3 Å². The molecule has 2 unspecified atom stereocenters. The van der Waals surface area contributed by atoms with Crippen molar-refractivity contribution in [2.24, 2.45) is 5.11 Å². The monoisotopic (exact) mass is 364 g/mol. The molecule has 0 saturated heterocycles. The smallest absolute Gasteiger partial charge is 0.408 e. The first-order chi connectivity index (χ1) is 10.5. The Bertz CT molecular complexity index is 448. The average Bonchev–Trinajstić information content (AvgIpc) is 2.38. The molecule has 0 spiro atoms. The van der Waals surface area contributed by atoms with Gasteiger partial charge in [0.05, 0.1) is 0 Å². The van der Waals surface area contributed by atoms with Crippen molar-refractivity contribution in [1.29, 1.82) is 0 Å². The molecule has 0 aliphatic carbocycles. The fraction of sp³-hybridized carbons (Fsp3) is 0.846. The standard InChI is InChI=1S/C13H24N4O4S2/c1-8(2)22-23-9(7-15-17-14)6-10(11(18)19)16-12(20)21-13(3,4)5/h8-10H,6-7H2,1-5H3,(H,16,20)(H,18,19). The van der Waals surface area contributed by atoms with E-state index >= 15 is 0 Å². The lowest BCUT2D eigenvalue weighted by atomic mass is 10.1. The fourth-order valence-corrected chi connectivity index (χ4v) is 3.73. The van der Waals surface area contributed by atoms with Gasteiger partial charge in [-0.1, -0.05) is 40.5 Å². The van der Waals surface area contributed by atoms with E-state index in [1.54, 1.807) is 31.6 Å². The topological polar surface area (TPSA) is 124 Å². The molecule has 0 heterocycles. The van der Waals surface area contributed by atoms with Crippen molar-refractivity contribution in [1.82, 2.24) is 5.32 Å². The fourth-order valence-electron chi connectivity index (χ4n) is 1.40. The Balaban J connectivity index is 4.79. The molecule has 0 saturated carbocycles. The summed E-state index contributed by atoms with van der Waals surface area (Å²) in [7, 11) is 3.02. The highest BCUT2D eigenvalue weighted by Gasteiger charge is 2.27. The molecule has 0 aliphatic rings. The van der Waals surface area contributed by atoms with Gasteiger partial charge in [-0.25, -0.2) is 9.59 Å². The number of carbonyl (C=O) groups is 2. The summed E-state index contributed by atoms with van der Waals surface area (Å²) in [6.07, 6.45) is -0.646. The lowest BCUT2D eigenvalue weighted by Crippen LogP contribution is -2.45. The number of carbonyl (C=O) groups excluding carboxylic acids is 1. The van der Waals surface area contributed by atoms with Crippen LogP contribution in [-0.2, 0) is 9.53 Å². The van der Waals surface area contributed by atoms with Gasteiger partial charge >= 0.3 is 12.1 Å². The van der Waals surface area contributed by atoms with Crippen molar-refractivity contribution < 1.29 is 19.4 Å². The molecule has 23 heavy (non-hydrogen) atoms. The van der Waals surface area contributed by atoms with Gasteiger partial charge in [-0.2, -0.15) is 0 Å². The van der Waals surface area contributed by atoms with Gasteiger partial charge in [-0.15, -0.1) is 0 Å². The predicted octanol–water partition coefficient (Wildman–Crippen LogP) is 3.82. The lowest BCUT2D eigenvalue weighted by molar-refractivity contribution is -0.139. The predicted molar refractivity (Wildman–Crippen MR) is 93.5 cm³/mol. The summed E-state index contributed by atoms with van der Waals surface area (Å²) in [6, 6.07) is -1.11. The molecule has 8 nitrogen and oxygen atoms in total. The SMILES string of the molecule is CC(C)SSC(CN=[N+]=[N-])CC(NC(=O)OC(C)(C)C)C(=O)O.